The molecular weight excluding hydrogens is 204 g/mol. The number of carbonyl (C=O) groups is 1. The average Bonchev–Trinajstić information content (AvgIpc) is 2.12. The molecule has 0 unspecified atom stereocenters. The number of aliphatic carboxylic acids is 1. The average molecular weight is 215 g/mol. The minimum absolute atomic E-state index is 0.151. The highest BCUT2D eigenvalue weighted by molar-refractivity contribution is 5.73. The molecule has 0 spiro atoms. The normalized spacial score (nSPS) is 12.5. The van der Waals surface area contributed by atoms with E-state index < -0.39 is 23.6 Å². The molecule has 3 N–H and O–H groups in total. The van der Waals surface area contributed by atoms with Crippen LogP contribution in [0.15, 0.2) is 18.2 Å². The number of benzene rings is 1. The quantitative estimate of drug-likeness (QED) is 0.795. The first-order valence-electron chi connectivity index (χ1n) is 4.42. The predicted octanol–water partition coefficient (Wildman–Crippen LogP) is 1.31. The number of nitrogens with two attached hydrogens (primary N) is 1. The molecule has 0 aromatic heterocycles. The zero-order chi connectivity index (χ0) is 11.4. The fourth-order valence-corrected chi connectivity index (χ4v) is 1.20. The predicted molar refractivity (Wildman–Crippen MR) is 50.3 cm³/mol. The van der Waals surface area contributed by atoms with Gasteiger partial charge in [-0.1, -0.05) is 0 Å². The number of carboxylic acids is 1. The summed E-state index contributed by atoms with van der Waals surface area (Å²) < 4.78 is 25.4. The number of halogens is 2. The van der Waals surface area contributed by atoms with Crippen LogP contribution in [0.1, 0.15) is 12.0 Å². The Morgan fingerprint density at radius 3 is 2.33 bits per heavy atom. The second kappa shape index (κ2) is 4.84. The van der Waals surface area contributed by atoms with E-state index in [-0.39, 0.29) is 12.8 Å². The molecule has 0 radical (unpaired) electrons. The molecule has 0 fully saturated rings. The molecule has 1 rings (SSSR count). The van der Waals surface area contributed by atoms with Crippen LogP contribution in [0.25, 0.3) is 0 Å². The topological polar surface area (TPSA) is 63.3 Å². The largest absolute Gasteiger partial charge is 0.480 e. The Kier molecular flexibility index (Phi) is 3.74. The Labute approximate surface area is 85.5 Å². The summed E-state index contributed by atoms with van der Waals surface area (Å²) >= 11 is 0. The third-order valence-corrected chi connectivity index (χ3v) is 1.98. The molecule has 1 atom stereocenters. The monoisotopic (exact) mass is 215 g/mol. The van der Waals surface area contributed by atoms with Gasteiger partial charge < -0.3 is 10.8 Å². The summed E-state index contributed by atoms with van der Waals surface area (Å²) in [5, 5.41) is 8.50. The Morgan fingerprint density at radius 1 is 1.33 bits per heavy atom. The molecule has 0 amide bonds. The highest BCUT2D eigenvalue weighted by Crippen LogP contribution is 2.10. The van der Waals surface area contributed by atoms with E-state index in [4.69, 9.17) is 10.8 Å². The van der Waals surface area contributed by atoms with Crippen LogP contribution in [0, 0.1) is 11.6 Å². The van der Waals surface area contributed by atoms with Gasteiger partial charge in [-0.3, -0.25) is 4.79 Å². The first-order chi connectivity index (χ1) is 6.99. The smallest absolute Gasteiger partial charge is 0.320 e. The van der Waals surface area contributed by atoms with Gasteiger partial charge in [0.1, 0.15) is 17.7 Å². The van der Waals surface area contributed by atoms with E-state index >= 15 is 0 Å². The summed E-state index contributed by atoms with van der Waals surface area (Å²) in [6.45, 7) is 0. The first-order valence-corrected chi connectivity index (χ1v) is 4.42. The maximum absolute atomic E-state index is 12.7. The molecular formula is C10H11F2NO2. The van der Waals surface area contributed by atoms with E-state index in [1.165, 1.54) is 0 Å². The standard InChI is InChI=1S/C10H11F2NO2/c11-7-3-6(4-8(12)5-7)1-2-9(13)10(14)15/h3-5,9H,1-2,13H2,(H,14,15)/t9-/m0/s1. The Bertz CT molecular complexity index is 348. The van der Waals surface area contributed by atoms with E-state index in [9.17, 15) is 13.6 Å². The van der Waals surface area contributed by atoms with Gasteiger partial charge in [0.25, 0.3) is 0 Å². The summed E-state index contributed by atoms with van der Waals surface area (Å²) in [5.41, 5.74) is 5.66. The van der Waals surface area contributed by atoms with Gasteiger partial charge in [-0.15, -0.1) is 0 Å². The highest BCUT2D eigenvalue weighted by atomic mass is 19.1. The molecule has 1 aromatic carbocycles. The van der Waals surface area contributed by atoms with Gasteiger partial charge in [0.2, 0.25) is 0 Å². The molecule has 0 heterocycles. The summed E-state index contributed by atoms with van der Waals surface area (Å²) in [4.78, 5) is 10.4. The molecule has 82 valence electrons. The van der Waals surface area contributed by atoms with Crippen molar-refractivity contribution in [2.24, 2.45) is 5.73 Å². The van der Waals surface area contributed by atoms with Crippen molar-refractivity contribution in [2.45, 2.75) is 18.9 Å². The lowest BCUT2D eigenvalue weighted by atomic mass is 10.1. The molecule has 1 aromatic rings. The number of rotatable bonds is 4. The van der Waals surface area contributed by atoms with Crippen LogP contribution in [-0.2, 0) is 11.2 Å². The maximum atomic E-state index is 12.7. The van der Waals surface area contributed by atoms with E-state index in [0.29, 0.717) is 5.56 Å². The van der Waals surface area contributed by atoms with Crippen molar-refractivity contribution in [2.75, 3.05) is 0 Å². The lowest BCUT2D eigenvalue weighted by Crippen LogP contribution is -2.30. The van der Waals surface area contributed by atoms with Gasteiger partial charge in [-0.05, 0) is 30.5 Å². The Morgan fingerprint density at radius 2 is 1.87 bits per heavy atom. The van der Waals surface area contributed by atoms with Gasteiger partial charge in [0, 0.05) is 6.07 Å². The molecule has 0 saturated carbocycles. The van der Waals surface area contributed by atoms with Crippen LogP contribution in [-0.4, -0.2) is 17.1 Å². The number of carboxylic acid groups (broad SMARTS) is 1. The summed E-state index contributed by atoms with van der Waals surface area (Å²) in [7, 11) is 0. The van der Waals surface area contributed by atoms with Gasteiger partial charge in [-0.2, -0.15) is 0 Å². The molecule has 0 saturated heterocycles. The van der Waals surface area contributed by atoms with Gasteiger partial charge in [0.15, 0.2) is 0 Å². The zero-order valence-corrected chi connectivity index (χ0v) is 7.91. The fraction of sp³-hybridized carbons (Fsp3) is 0.300. The highest BCUT2D eigenvalue weighted by Gasteiger charge is 2.11. The van der Waals surface area contributed by atoms with E-state index in [1.807, 2.05) is 0 Å². The summed E-state index contributed by atoms with van der Waals surface area (Å²) in [5.74, 6) is -2.46. The molecule has 0 aliphatic rings. The van der Waals surface area contributed by atoms with Gasteiger partial charge in [-0.25, -0.2) is 8.78 Å². The van der Waals surface area contributed by atoms with Crippen LogP contribution in [0.5, 0.6) is 0 Å². The van der Waals surface area contributed by atoms with Crippen LogP contribution in [0.3, 0.4) is 0 Å². The maximum Gasteiger partial charge on any atom is 0.320 e. The molecule has 5 heteroatoms. The number of hydrogen-bond donors (Lipinski definition) is 2. The van der Waals surface area contributed by atoms with Gasteiger partial charge in [0.05, 0.1) is 0 Å². The van der Waals surface area contributed by atoms with Crippen molar-refractivity contribution < 1.29 is 18.7 Å². The molecule has 0 aliphatic carbocycles. The van der Waals surface area contributed by atoms with Crippen molar-refractivity contribution in [1.82, 2.24) is 0 Å². The summed E-state index contributed by atoms with van der Waals surface area (Å²) in [6.07, 6.45) is 0.389. The number of aryl methyl sites for hydroxylation is 1. The lowest BCUT2D eigenvalue weighted by molar-refractivity contribution is -0.138. The third kappa shape index (κ3) is 3.63. The molecule has 0 aliphatic heterocycles. The Hall–Kier alpha value is -1.49. The van der Waals surface area contributed by atoms with Crippen molar-refractivity contribution in [3.63, 3.8) is 0 Å². The number of hydrogen-bond acceptors (Lipinski definition) is 2. The van der Waals surface area contributed by atoms with Crippen LogP contribution in [0.2, 0.25) is 0 Å². The van der Waals surface area contributed by atoms with Crippen molar-refractivity contribution in [3.8, 4) is 0 Å². The van der Waals surface area contributed by atoms with Gasteiger partial charge >= 0.3 is 5.97 Å². The first kappa shape index (κ1) is 11.6. The Balaban J connectivity index is 2.61. The van der Waals surface area contributed by atoms with E-state index in [0.717, 1.165) is 18.2 Å². The van der Waals surface area contributed by atoms with E-state index in [1.54, 1.807) is 0 Å². The van der Waals surface area contributed by atoms with E-state index in [2.05, 4.69) is 0 Å². The molecule has 3 nitrogen and oxygen atoms in total. The summed E-state index contributed by atoms with van der Waals surface area (Å²) in [6, 6.07) is 2.09. The molecule has 0 bridgehead atoms. The minimum atomic E-state index is -1.12. The second-order valence-electron chi connectivity index (χ2n) is 3.26. The third-order valence-electron chi connectivity index (χ3n) is 1.98. The molecule has 15 heavy (non-hydrogen) atoms. The van der Waals surface area contributed by atoms with Crippen molar-refractivity contribution in [1.29, 1.82) is 0 Å². The van der Waals surface area contributed by atoms with Crippen molar-refractivity contribution in [3.05, 3.63) is 35.4 Å². The zero-order valence-electron chi connectivity index (χ0n) is 7.91. The van der Waals surface area contributed by atoms with Crippen LogP contribution < -0.4 is 5.73 Å². The second-order valence-corrected chi connectivity index (χ2v) is 3.26. The van der Waals surface area contributed by atoms with Crippen molar-refractivity contribution >= 4 is 5.97 Å². The lowest BCUT2D eigenvalue weighted by Gasteiger charge is -2.06. The minimum Gasteiger partial charge on any atom is -0.480 e. The van der Waals surface area contributed by atoms with Crippen LogP contribution in [0.4, 0.5) is 8.78 Å². The fourth-order valence-electron chi connectivity index (χ4n) is 1.20. The van der Waals surface area contributed by atoms with Crippen LogP contribution >= 0.6 is 0 Å². The SMILES string of the molecule is N[C@@H](CCc1cc(F)cc(F)c1)C(=O)O.